The summed E-state index contributed by atoms with van der Waals surface area (Å²) in [6.07, 6.45) is 0. The number of nitrogens with zero attached hydrogens (tertiary/aromatic N) is 1. The first-order valence-corrected chi connectivity index (χ1v) is 7.03. The number of hydrogen-bond donors (Lipinski definition) is 1. The van der Waals surface area contributed by atoms with Crippen LogP contribution >= 0.6 is 11.3 Å². The van der Waals surface area contributed by atoms with Crippen LogP contribution in [-0.4, -0.2) is 24.7 Å². The summed E-state index contributed by atoms with van der Waals surface area (Å²) in [7, 11) is 0. The van der Waals surface area contributed by atoms with Crippen molar-refractivity contribution in [2.75, 3.05) is 19.7 Å². The van der Waals surface area contributed by atoms with E-state index < -0.39 is 0 Å². The zero-order valence-corrected chi connectivity index (χ0v) is 11.6. The van der Waals surface area contributed by atoms with Gasteiger partial charge in [0.15, 0.2) is 0 Å². The van der Waals surface area contributed by atoms with E-state index in [-0.39, 0.29) is 0 Å². The molecule has 0 fully saturated rings. The van der Waals surface area contributed by atoms with Gasteiger partial charge in [-0.3, -0.25) is 0 Å². The van der Waals surface area contributed by atoms with Gasteiger partial charge in [0.05, 0.1) is 0 Å². The first-order chi connectivity index (χ1) is 8.79. The van der Waals surface area contributed by atoms with Gasteiger partial charge < -0.3 is 10.1 Å². The lowest BCUT2D eigenvalue weighted by Crippen LogP contribution is -2.20. The molecule has 0 spiro atoms. The Bertz CT molecular complexity index is 479. The summed E-state index contributed by atoms with van der Waals surface area (Å²) >= 11 is 1.67. The maximum atomic E-state index is 5.62. The van der Waals surface area contributed by atoms with Gasteiger partial charge in [-0.25, -0.2) is 4.98 Å². The lowest BCUT2D eigenvalue weighted by atomic mass is 10.2. The number of hydrogen-bond acceptors (Lipinski definition) is 4. The van der Waals surface area contributed by atoms with Crippen LogP contribution in [0.2, 0.25) is 0 Å². The second-order valence-corrected chi connectivity index (χ2v) is 4.88. The number of likely N-dealkylation sites (N-methyl/N-ethyl adjacent to an activating group) is 1. The Morgan fingerprint density at radius 3 is 2.67 bits per heavy atom. The van der Waals surface area contributed by atoms with E-state index in [1.54, 1.807) is 11.3 Å². The Labute approximate surface area is 112 Å². The number of rotatable bonds is 6. The van der Waals surface area contributed by atoms with Gasteiger partial charge in [0.2, 0.25) is 0 Å². The molecule has 0 atom stereocenters. The summed E-state index contributed by atoms with van der Waals surface area (Å²) in [4.78, 5) is 4.46. The maximum Gasteiger partial charge on any atom is 0.123 e. The van der Waals surface area contributed by atoms with Crippen LogP contribution in [-0.2, 0) is 0 Å². The molecule has 2 aromatic rings. The molecule has 0 amide bonds. The molecule has 96 valence electrons. The summed E-state index contributed by atoms with van der Waals surface area (Å²) in [6, 6.07) is 8.11. The minimum absolute atomic E-state index is 0.698. The molecule has 18 heavy (non-hydrogen) atoms. The van der Waals surface area contributed by atoms with Crippen molar-refractivity contribution in [1.82, 2.24) is 10.3 Å². The highest BCUT2D eigenvalue weighted by molar-refractivity contribution is 7.13. The molecule has 0 aliphatic heterocycles. The summed E-state index contributed by atoms with van der Waals surface area (Å²) < 4.78 is 5.62. The van der Waals surface area contributed by atoms with Gasteiger partial charge in [0, 0.05) is 23.2 Å². The van der Waals surface area contributed by atoms with Crippen molar-refractivity contribution in [2.45, 2.75) is 13.8 Å². The standard InChI is InChI=1S/C14H18N2OS/c1-3-15-8-9-17-13-6-4-12(5-7-13)14-16-11(2)10-18-14/h4-7,10,15H,3,8-9H2,1-2H3. The van der Waals surface area contributed by atoms with E-state index in [0.29, 0.717) is 6.61 Å². The van der Waals surface area contributed by atoms with Crippen molar-refractivity contribution < 1.29 is 4.74 Å². The summed E-state index contributed by atoms with van der Waals surface area (Å²) in [5.41, 5.74) is 2.22. The molecule has 1 N–H and O–H groups in total. The largest absolute Gasteiger partial charge is 0.492 e. The van der Waals surface area contributed by atoms with E-state index in [1.807, 2.05) is 19.1 Å². The molecule has 0 bridgehead atoms. The van der Waals surface area contributed by atoms with Gasteiger partial charge in [-0.2, -0.15) is 0 Å². The van der Waals surface area contributed by atoms with Crippen LogP contribution < -0.4 is 10.1 Å². The van der Waals surface area contributed by atoms with Crippen LogP contribution in [0.1, 0.15) is 12.6 Å². The van der Waals surface area contributed by atoms with E-state index >= 15 is 0 Å². The van der Waals surface area contributed by atoms with Crippen LogP contribution in [0.4, 0.5) is 0 Å². The van der Waals surface area contributed by atoms with Crippen LogP contribution in [0.3, 0.4) is 0 Å². The van der Waals surface area contributed by atoms with E-state index in [2.05, 4.69) is 34.7 Å². The number of benzene rings is 1. The third-order valence-corrected chi connectivity index (χ3v) is 3.53. The monoisotopic (exact) mass is 262 g/mol. The Morgan fingerprint density at radius 2 is 2.06 bits per heavy atom. The fraction of sp³-hybridized carbons (Fsp3) is 0.357. The molecule has 0 unspecified atom stereocenters. The predicted octanol–water partition coefficient (Wildman–Crippen LogP) is 3.11. The molecule has 0 aliphatic carbocycles. The molecule has 0 aliphatic rings. The summed E-state index contributed by atoms with van der Waals surface area (Å²) in [5.74, 6) is 0.907. The number of aryl methyl sites for hydroxylation is 1. The van der Waals surface area contributed by atoms with Crippen LogP contribution in [0.5, 0.6) is 5.75 Å². The van der Waals surface area contributed by atoms with E-state index in [0.717, 1.165) is 35.1 Å². The average molecular weight is 262 g/mol. The zero-order chi connectivity index (χ0) is 12.8. The smallest absolute Gasteiger partial charge is 0.123 e. The SMILES string of the molecule is CCNCCOc1ccc(-c2nc(C)cs2)cc1. The molecule has 1 heterocycles. The molecule has 0 saturated carbocycles. The molecule has 2 rings (SSSR count). The number of ether oxygens (including phenoxy) is 1. The van der Waals surface area contributed by atoms with Crippen LogP contribution in [0.15, 0.2) is 29.6 Å². The Morgan fingerprint density at radius 1 is 1.28 bits per heavy atom. The lowest BCUT2D eigenvalue weighted by molar-refractivity contribution is 0.315. The molecular formula is C14H18N2OS. The van der Waals surface area contributed by atoms with Gasteiger partial charge >= 0.3 is 0 Å². The van der Waals surface area contributed by atoms with Gasteiger partial charge in [-0.05, 0) is 37.7 Å². The zero-order valence-electron chi connectivity index (χ0n) is 10.8. The summed E-state index contributed by atoms with van der Waals surface area (Å²) in [5, 5.41) is 6.35. The Balaban J connectivity index is 1.93. The van der Waals surface area contributed by atoms with Gasteiger partial charge in [-0.15, -0.1) is 11.3 Å². The molecule has 0 radical (unpaired) electrons. The first-order valence-electron chi connectivity index (χ1n) is 6.15. The second-order valence-electron chi connectivity index (χ2n) is 4.02. The maximum absolute atomic E-state index is 5.62. The third kappa shape index (κ3) is 3.55. The quantitative estimate of drug-likeness (QED) is 0.812. The summed E-state index contributed by atoms with van der Waals surface area (Å²) in [6.45, 7) is 6.65. The minimum atomic E-state index is 0.698. The van der Waals surface area contributed by atoms with E-state index in [9.17, 15) is 0 Å². The topological polar surface area (TPSA) is 34.1 Å². The predicted molar refractivity (Wildman–Crippen MR) is 76.3 cm³/mol. The van der Waals surface area contributed by atoms with Crippen LogP contribution in [0.25, 0.3) is 10.6 Å². The Kier molecular flexibility index (Phi) is 4.73. The second kappa shape index (κ2) is 6.52. The van der Waals surface area contributed by atoms with E-state index in [4.69, 9.17) is 4.74 Å². The van der Waals surface area contributed by atoms with Crippen molar-refractivity contribution >= 4 is 11.3 Å². The fourth-order valence-electron chi connectivity index (χ4n) is 1.60. The van der Waals surface area contributed by atoms with Crippen molar-refractivity contribution in [3.8, 4) is 16.3 Å². The molecule has 1 aromatic carbocycles. The number of nitrogens with one attached hydrogen (secondary N) is 1. The fourth-order valence-corrected chi connectivity index (χ4v) is 2.40. The Hall–Kier alpha value is -1.39. The van der Waals surface area contributed by atoms with Gasteiger partial charge in [0.25, 0.3) is 0 Å². The van der Waals surface area contributed by atoms with Gasteiger partial charge in [-0.1, -0.05) is 6.92 Å². The van der Waals surface area contributed by atoms with Crippen LogP contribution in [0, 0.1) is 6.92 Å². The van der Waals surface area contributed by atoms with E-state index in [1.165, 1.54) is 0 Å². The highest BCUT2D eigenvalue weighted by atomic mass is 32.1. The van der Waals surface area contributed by atoms with Crippen molar-refractivity contribution in [1.29, 1.82) is 0 Å². The highest BCUT2D eigenvalue weighted by Crippen LogP contribution is 2.25. The molecule has 1 aromatic heterocycles. The lowest BCUT2D eigenvalue weighted by Gasteiger charge is -2.06. The normalized spacial score (nSPS) is 10.6. The van der Waals surface area contributed by atoms with Crippen molar-refractivity contribution in [3.63, 3.8) is 0 Å². The molecule has 4 heteroatoms. The molecule has 0 saturated heterocycles. The van der Waals surface area contributed by atoms with Crippen molar-refractivity contribution in [3.05, 3.63) is 35.3 Å². The average Bonchev–Trinajstić information content (AvgIpc) is 2.82. The molecule has 3 nitrogen and oxygen atoms in total. The third-order valence-electron chi connectivity index (χ3n) is 2.52. The van der Waals surface area contributed by atoms with Crippen molar-refractivity contribution in [2.24, 2.45) is 0 Å². The first kappa shape index (κ1) is 13.1. The van der Waals surface area contributed by atoms with Gasteiger partial charge in [0.1, 0.15) is 17.4 Å². The number of thiazole rings is 1. The minimum Gasteiger partial charge on any atom is -0.492 e. The number of aromatic nitrogens is 1. The molecular weight excluding hydrogens is 244 g/mol. The highest BCUT2D eigenvalue weighted by Gasteiger charge is 2.02.